The summed E-state index contributed by atoms with van der Waals surface area (Å²) in [6.07, 6.45) is 5.53. The maximum Gasteiger partial charge on any atom is 0.355 e. The van der Waals surface area contributed by atoms with Crippen molar-refractivity contribution in [3.63, 3.8) is 0 Å². The largest absolute Gasteiger partial charge is 0.465 e. The van der Waals surface area contributed by atoms with Crippen LogP contribution >= 0.6 is 11.6 Å². The number of halogens is 1. The molecule has 196 valence electrons. The summed E-state index contributed by atoms with van der Waals surface area (Å²) in [5.74, 6) is -1.84. The van der Waals surface area contributed by atoms with Gasteiger partial charge in [-0.15, -0.1) is 0 Å². The highest BCUT2D eigenvalue weighted by atomic mass is 35.5. The Morgan fingerprint density at radius 1 is 0.923 bits per heavy atom. The molecule has 2 atom stereocenters. The third-order valence-electron chi connectivity index (χ3n) is 6.60. The summed E-state index contributed by atoms with van der Waals surface area (Å²) < 4.78 is 17.2. The first kappa shape index (κ1) is 26.2. The number of ketones is 1. The summed E-state index contributed by atoms with van der Waals surface area (Å²) >= 11 is 6.16. The summed E-state index contributed by atoms with van der Waals surface area (Å²) in [6, 6.07) is 23.1. The van der Waals surface area contributed by atoms with Crippen LogP contribution in [0.4, 0.5) is 5.69 Å². The minimum Gasteiger partial charge on any atom is -0.465 e. The molecule has 5 rings (SSSR count). The van der Waals surface area contributed by atoms with Crippen LogP contribution in [0.3, 0.4) is 0 Å². The Bertz CT molecular complexity index is 1530. The van der Waals surface area contributed by atoms with Gasteiger partial charge in [0.2, 0.25) is 0 Å². The van der Waals surface area contributed by atoms with E-state index in [1.54, 1.807) is 59.5 Å². The number of esters is 2. The molecule has 0 saturated heterocycles. The molecule has 0 fully saturated rings. The zero-order valence-corrected chi connectivity index (χ0v) is 21.9. The molecule has 8 heteroatoms. The number of carbonyl (C=O) groups excluding carboxylic acids is 3. The van der Waals surface area contributed by atoms with Gasteiger partial charge < -0.3 is 19.1 Å². The Labute approximate surface area is 230 Å². The molecule has 1 aliphatic carbocycles. The van der Waals surface area contributed by atoms with E-state index in [0.717, 1.165) is 5.56 Å². The van der Waals surface area contributed by atoms with Crippen LogP contribution < -0.4 is 4.90 Å². The monoisotopic (exact) mass is 541 g/mol. The van der Waals surface area contributed by atoms with Gasteiger partial charge in [-0.05, 0) is 48.1 Å². The van der Waals surface area contributed by atoms with E-state index < -0.39 is 23.8 Å². The lowest BCUT2D eigenvalue weighted by Crippen LogP contribution is -2.54. The molecule has 0 amide bonds. The number of carbonyl (C=O) groups is 3. The van der Waals surface area contributed by atoms with Gasteiger partial charge in [0, 0.05) is 21.8 Å². The number of ether oxygens (including phenoxy) is 3. The highest BCUT2D eigenvalue weighted by molar-refractivity contribution is 6.30. The molecule has 2 unspecified atom stereocenters. The van der Waals surface area contributed by atoms with Crippen molar-refractivity contribution in [3.8, 4) is 0 Å². The molecule has 0 aromatic heterocycles. The number of allylic oxidation sites excluding steroid dienone is 1. The van der Waals surface area contributed by atoms with Crippen molar-refractivity contribution >= 4 is 41.1 Å². The van der Waals surface area contributed by atoms with E-state index in [1.807, 2.05) is 36.4 Å². The Hall–Kier alpha value is -4.46. The lowest BCUT2D eigenvalue weighted by atomic mass is 9.76. The van der Waals surface area contributed by atoms with E-state index in [-0.39, 0.29) is 17.1 Å². The number of rotatable bonds is 5. The van der Waals surface area contributed by atoms with Gasteiger partial charge >= 0.3 is 11.9 Å². The molecule has 1 aliphatic heterocycles. The normalized spacial score (nSPS) is 20.3. The third-order valence-corrected chi connectivity index (χ3v) is 6.85. The fourth-order valence-corrected chi connectivity index (χ4v) is 4.97. The summed E-state index contributed by atoms with van der Waals surface area (Å²) in [6.45, 7) is 0. The average molecular weight is 542 g/mol. The van der Waals surface area contributed by atoms with Crippen LogP contribution in [0.5, 0.6) is 0 Å². The highest BCUT2D eigenvalue weighted by Crippen LogP contribution is 2.48. The van der Waals surface area contributed by atoms with Crippen molar-refractivity contribution in [2.75, 3.05) is 19.1 Å². The van der Waals surface area contributed by atoms with Crippen molar-refractivity contribution in [1.29, 1.82) is 0 Å². The molecule has 1 heterocycles. The van der Waals surface area contributed by atoms with Gasteiger partial charge in [0.15, 0.2) is 12.0 Å². The van der Waals surface area contributed by atoms with E-state index in [2.05, 4.69) is 0 Å². The van der Waals surface area contributed by atoms with Crippen LogP contribution in [0.1, 0.15) is 21.5 Å². The van der Waals surface area contributed by atoms with Crippen molar-refractivity contribution in [3.05, 3.63) is 130 Å². The van der Waals surface area contributed by atoms with E-state index in [0.29, 0.717) is 21.8 Å². The van der Waals surface area contributed by atoms with Gasteiger partial charge in [0.25, 0.3) is 0 Å². The van der Waals surface area contributed by atoms with Gasteiger partial charge in [0.1, 0.15) is 16.9 Å². The molecule has 0 saturated carbocycles. The smallest absolute Gasteiger partial charge is 0.355 e. The number of fused-ring (bicyclic) bond motifs is 2. The van der Waals surface area contributed by atoms with Crippen LogP contribution in [0.25, 0.3) is 6.08 Å². The molecule has 3 aromatic rings. The average Bonchev–Trinajstić information content (AvgIpc) is 2.98. The number of methoxy groups -OCH3 is 2. The maximum absolute atomic E-state index is 13.5. The number of nitrogens with zero attached hydrogens (tertiary/aromatic N) is 1. The fourth-order valence-electron chi connectivity index (χ4n) is 4.85. The van der Waals surface area contributed by atoms with Crippen LogP contribution in [0.2, 0.25) is 5.02 Å². The first-order valence-electron chi connectivity index (χ1n) is 12.1. The second-order valence-electron chi connectivity index (χ2n) is 8.81. The Morgan fingerprint density at radius 3 is 2.28 bits per heavy atom. The Kier molecular flexibility index (Phi) is 7.19. The Morgan fingerprint density at radius 2 is 1.59 bits per heavy atom. The fraction of sp³-hybridized carbons (Fsp3) is 0.129. The van der Waals surface area contributed by atoms with Crippen molar-refractivity contribution in [1.82, 2.24) is 0 Å². The molecule has 0 bridgehead atoms. The number of benzene rings is 3. The van der Waals surface area contributed by atoms with Crippen molar-refractivity contribution in [2.45, 2.75) is 11.8 Å². The molecule has 0 N–H and O–H groups in total. The third kappa shape index (κ3) is 4.67. The van der Waals surface area contributed by atoms with Gasteiger partial charge in [-0.1, -0.05) is 72.3 Å². The maximum atomic E-state index is 13.5. The Balaban J connectivity index is 1.84. The van der Waals surface area contributed by atoms with Crippen molar-refractivity contribution in [2.24, 2.45) is 0 Å². The summed E-state index contributed by atoms with van der Waals surface area (Å²) in [5, 5.41) is 0.490. The van der Waals surface area contributed by atoms with Crippen LogP contribution in [0.15, 0.2) is 108 Å². The first-order valence-corrected chi connectivity index (χ1v) is 12.5. The minimum absolute atomic E-state index is 0.0885. The van der Waals surface area contributed by atoms with Crippen LogP contribution in [0, 0.1) is 0 Å². The van der Waals surface area contributed by atoms with Gasteiger partial charge in [-0.3, -0.25) is 4.79 Å². The quantitative estimate of drug-likeness (QED) is 0.396. The minimum atomic E-state index is -1.63. The molecule has 1 spiro atoms. The standard InChI is InChI=1S/C31H24ClNO6/c1-37-29(35)27-28(30(36)38-2)33(22-15-13-21(32)14-16-22)26(17-12-20-8-4-3-5-9-20)39-31(27)19-18-25(34)23-10-6-7-11-24(23)31/h3-19,26H,1-2H3/b17-12+. The molecule has 0 radical (unpaired) electrons. The van der Waals surface area contributed by atoms with Gasteiger partial charge in [0.05, 0.1) is 14.2 Å². The second-order valence-corrected chi connectivity index (χ2v) is 9.25. The predicted octanol–water partition coefficient (Wildman–Crippen LogP) is 5.46. The summed E-state index contributed by atoms with van der Waals surface area (Å²) in [7, 11) is 2.45. The topological polar surface area (TPSA) is 82.1 Å². The summed E-state index contributed by atoms with van der Waals surface area (Å²) in [5.41, 5.74) is 0.327. The first-order chi connectivity index (χ1) is 18.9. The van der Waals surface area contributed by atoms with Crippen LogP contribution in [-0.4, -0.2) is 38.2 Å². The van der Waals surface area contributed by atoms with E-state index in [1.165, 1.54) is 26.4 Å². The van der Waals surface area contributed by atoms with Crippen molar-refractivity contribution < 1.29 is 28.6 Å². The molecule has 2 aliphatic rings. The van der Waals surface area contributed by atoms with Crippen LogP contribution in [-0.2, 0) is 29.4 Å². The lowest BCUT2D eigenvalue weighted by Gasteiger charge is -2.47. The zero-order valence-electron chi connectivity index (χ0n) is 21.2. The molecular formula is C31H24ClNO6. The molecule has 7 nitrogen and oxygen atoms in total. The molecule has 39 heavy (non-hydrogen) atoms. The van der Waals surface area contributed by atoms with E-state index >= 15 is 0 Å². The predicted molar refractivity (Wildman–Crippen MR) is 147 cm³/mol. The number of hydrogen-bond donors (Lipinski definition) is 0. The zero-order chi connectivity index (χ0) is 27.6. The molecular weight excluding hydrogens is 518 g/mol. The SMILES string of the molecule is COC(=O)C1=C(C(=O)OC)C2(C=CC(=O)c3ccccc32)OC(/C=C/c2ccccc2)N1c1ccc(Cl)cc1. The van der Waals surface area contributed by atoms with E-state index in [4.69, 9.17) is 25.8 Å². The number of hydrogen-bond acceptors (Lipinski definition) is 7. The second kappa shape index (κ2) is 10.7. The lowest BCUT2D eigenvalue weighted by molar-refractivity contribution is -0.145. The highest BCUT2D eigenvalue weighted by Gasteiger charge is 2.53. The number of anilines is 1. The summed E-state index contributed by atoms with van der Waals surface area (Å²) in [4.78, 5) is 41.5. The van der Waals surface area contributed by atoms with Gasteiger partial charge in [-0.2, -0.15) is 0 Å². The van der Waals surface area contributed by atoms with E-state index in [9.17, 15) is 14.4 Å². The van der Waals surface area contributed by atoms with Gasteiger partial charge in [-0.25, -0.2) is 9.59 Å². The molecule has 3 aromatic carbocycles.